The van der Waals surface area contributed by atoms with Crippen LogP contribution in [0.2, 0.25) is 0 Å². The Morgan fingerprint density at radius 2 is 1.90 bits per heavy atom. The van der Waals surface area contributed by atoms with Crippen molar-refractivity contribution in [2.24, 2.45) is 5.92 Å². The monoisotopic (exact) mass is 530 g/mol. The molecular formula is C31H38N4O4. The number of hydrogen-bond acceptors (Lipinski definition) is 6. The van der Waals surface area contributed by atoms with Gasteiger partial charge in [-0.1, -0.05) is 37.3 Å². The molecule has 0 saturated carbocycles. The van der Waals surface area contributed by atoms with E-state index in [4.69, 9.17) is 4.74 Å². The van der Waals surface area contributed by atoms with Gasteiger partial charge in [-0.25, -0.2) is 0 Å². The van der Waals surface area contributed by atoms with Gasteiger partial charge in [0.05, 0.1) is 25.5 Å². The zero-order valence-corrected chi connectivity index (χ0v) is 22.9. The first kappa shape index (κ1) is 28.3. The van der Waals surface area contributed by atoms with Crippen LogP contribution < -0.4 is 10.1 Å². The molecule has 0 unspecified atom stereocenters. The third kappa shape index (κ3) is 7.88. The molecule has 1 aromatic heterocycles. The summed E-state index contributed by atoms with van der Waals surface area (Å²) in [5, 5.41) is 12.8. The number of pyridine rings is 1. The summed E-state index contributed by atoms with van der Waals surface area (Å²) >= 11 is 0. The smallest absolute Gasteiger partial charge is 0.228 e. The van der Waals surface area contributed by atoms with Crippen molar-refractivity contribution in [1.29, 1.82) is 0 Å². The van der Waals surface area contributed by atoms with Gasteiger partial charge in [0, 0.05) is 49.2 Å². The summed E-state index contributed by atoms with van der Waals surface area (Å²) < 4.78 is 6.60. The maximum Gasteiger partial charge on any atom is 0.228 e. The molecule has 0 fully saturated rings. The molecule has 2 aromatic carbocycles. The van der Waals surface area contributed by atoms with Gasteiger partial charge in [-0.05, 0) is 55.4 Å². The molecule has 39 heavy (non-hydrogen) atoms. The van der Waals surface area contributed by atoms with E-state index in [1.807, 2.05) is 67.6 Å². The van der Waals surface area contributed by atoms with Crippen LogP contribution in [-0.4, -0.2) is 70.6 Å². The predicted octanol–water partition coefficient (Wildman–Crippen LogP) is 3.54. The molecular weight excluding hydrogens is 492 g/mol. The molecule has 1 aliphatic heterocycles. The van der Waals surface area contributed by atoms with Crippen LogP contribution in [0.1, 0.15) is 30.5 Å². The number of rotatable bonds is 9. The molecule has 4 rings (SSSR count). The average molecular weight is 531 g/mol. The summed E-state index contributed by atoms with van der Waals surface area (Å²) in [7, 11) is 2.05. The van der Waals surface area contributed by atoms with Gasteiger partial charge in [-0.2, -0.15) is 0 Å². The molecule has 0 spiro atoms. The molecule has 8 heteroatoms. The molecule has 0 aliphatic carbocycles. The summed E-state index contributed by atoms with van der Waals surface area (Å²) in [4.78, 5) is 34.2. The summed E-state index contributed by atoms with van der Waals surface area (Å²) in [5.41, 5.74) is 3.41. The van der Waals surface area contributed by atoms with Gasteiger partial charge in [0.25, 0.3) is 0 Å². The predicted molar refractivity (Wildman–Crippen MR) is 151 cm³/mol. The Labute approximate surface area is 230 Å². The SMILES string of the molecule is C[C@@H]1CN([C@@H](C)CO)C(=O)Cc2cc(NC(=O)Cc3ccccc3)ccc2O[C@@H]1CN(C)Cc1ccncc1. The minimum Gasteiger partial charge on any atom is -0.488 e. The number of fused-ring (bicyclic) bond motifs is 1. The van der Waals surface area contributed by atoms with Gasteiger partial charge < -0.3 is 20.1 Å². The van der Waals surface area contributed by atoms with E-state index in [-0.39, 0.29) is 49.3 Å². The number of aliphatic hydroxyl groups is 1. The maximum atomic E-state index is 13.4. The number of benzene rings is 2. The van der Waals surface area contributed by atoms with Gasteiger partial charge >= 0.3 is 0 Å². The van der Waals surface area contributed by atoms with Crippen LogP contribution in [0.15, 0.2) is 73.1 Å². The van der Waals surface area contributed by atoms with E-state index in [1.54, 1.807) is 17.3 Å². The molecule has 2 N–H and O–H groups in total. The van der Waals surface area contributed by atoms with E-state index in [0.717, 1.165) is 17.7 Å². The molecule has 2 heterocycles. The normalized spacial score (nSPS) is 18.4. The van der Waals surface area contributed by atoms with Crippen molar-refractivity contribution in [2.45, 2.75) is 45.4 Å². The van der Waals surface area contributed by atoms with Crippen LogP contribution in [0.25, 0.3) is 0 Å². The minimum absolute atomic E-state index is 0.0130. The van der Waals surface area contributed by atoms with Crippen LogP contribution in [0.5, 0.6) is 5.75 Å². The summed E-state index contributed by atoms with van der Waals surface area (Å²) in [5.74, 6) is 0.444. The number of amides is 2. The lowest BCUT2D eigenvalue weighted by atomic mass is 10.0. The van der Waals surface area contributed by atoms with E-state index in [0.29, 0.717) is 30.1 Å². The fraction of sp³-hybridized carbons (Fsp3) is 0.387. The highest BCUT2D eigenvalue weighted by Crippen LogP contribution is 2.29. The van der Waals surface area contributed by atoms with Gasteiger partial charge in [-0.15, -0.1) is 0 Å². The number of hydrogen-bond donors (Lipinski definition) is 2. The Morgan fingerprint density at radius 3 is 2.62 bits per heavy atom. The standard InChI is InChI=1S/C31H38N4O4/c1-22-18-35(23(2)21-36)31(38)17-26-16-27(33-30(37)15-24-7-5-4-6-8-24)9-10-28(26)39-29(22)20-34(3)19-25-11-13-32-14-12-25/h4-14,16,22-23,29,36H,15,17-21H2,1-3H3,(H,33,37)/t22-,23+,29-/m1/s1. The number of nitrogens with one attached hydrogen (secondary N) is 1. The third-order valence-corrected chi connectivity index (χ3v) is 7.10. The van der Waals surface area contributed by atoms with Gasteiger partial charge in [0.1, 0.15) is 11.9 Å². The first-order valence-corrected chi connectivity index (χ1v) is 13.4. The number of nitrogens with zero attached hydrogens (tertiary/aromatic N) is 3. The van der Waals surface area contributed by atoms with Gasteiger partial charge in [-0.3, -0.25) is 19.5 Å². The molecule has 206 valence electrons. The topological polar surface area (TPSA) is 95.0 Å². The largest absolute Gasteiger partial charge is 0.488 e. The molecule has 0 bridgehead atoms. The second-order valence-corrected chi connectivity index (χ2v) is 10.5. The number of carbonyl (C=O) groups is 2. The van der Waals surface area contributed by atoms with Crippen molar-refractivity contribution in [2.75, 3.05) is 32.1 Å². The molecule has 0 saturated heterocycles. The fourth-order valence-electron chi connectivity index (χ4n) is 4.88. The highest BCUT2D eigenvalue weighted by molar-refractivity contribution is 5.92. The summed E-state index contributed by atoms with van der Waals surface area (Å²) in [6.07, 6.45) is 3.75. The van der Waals surface area contributed by atoms with Gasteiger partial charge in [0.2, 0.25) is 11.8 Å². The number of carbonyl (C=O) groups excluding carboxylic acids is 2. The van der Waals surface area contributed by atoms with Crippen molar-refractivity contribution >= 4 is 17.5 Å². The zero-order chi connectivity index (χ0) is 27.8. The number of aliphatic hydroxyl groups excluding tert-OH is 1. The third-order valence-electron chi connectivity index (χ3n) is 7.10. The molecule has 0 radical (unpaired) electrons. The Bertz CT molecular complexity index is 1240. The number of likely N-dealkylation sites (N-methyl/N-ethyl adjacent to an activating group) is 1. The molecule has 3 atom stereocenters. The Hall–Kier alpha value is -3.75. The van der Waals surface area contributed by atoms with E-state index in [2.05, 4.69) is 29.2 Å². The van der Waals surface area contributed by atoms with Crippen molar-refractivity contribution in [3.63, 3.8) is 0 Å². The fourth-order valence-corrected chi connectivity index (χ4v) is 4.88. The minimum atomic E-state index is -0.314. The van der Waals surface area contributed by atoms with Crippen LogP contribution >= 0.6 is 0 Å². The highest BCUT2D eigenvalue weighted by atomic mass is 16.5. The molecule has 8 nitrogen and oxygen atoms in total. The van der Waals surface area contributed by atoms with E-state index < -0.39 is 0 Å². The number of aromatic nitrogens is 1. The van der Waals surface area contributed by atoms with Crippen LogP contribution in [-0.2, 0) is 29.0 Å². The average Bonchev–Trinajstić information content (AvgIpc) is 2.97. The highest BCUT2D eigenvalue weighted by Gasteiger charge is 2.31. The molecule has 2 amide bonds. The van der Waals surface area contributed by atoms with E-state index in [9.17, 15) is 14.7 Å². The second kappa shape index (κ2) is 13.4. The lowest BCUT2D eigenvalue weighted by Gasteiger charge is -2.34. The lowest BCUT2D eigenvalue weighted by molar-refractivity contribution is -0.134. The first-order chi connectivity index (χ1) is 18.8. The molecule has 3 aromatic rings. The summed E-state index contributed by atoms with van der Waals surface area (Å²) in [6.45, 7) is 5.68. The lowest BCUT2D eigenvalue weighted by Crippen LogP contribution is -2.47. The Kier molecular flexibility index (Phi) is 9.68. The van der Waals surface area contributed by atoms with Crippen molar-refractivity contribution < 1.29 is 19.4 Å². The van der Waals surface area contributed by atoms with Crippen molar-refractivity contribution in [1.82, 2.24) is 14.8 Å². The van der Waals surface area contributed by atoms with Crippen LogP contribution in [0.3, 0.4) is 0 Å². The Morgan fingerprint density at radius 1 is 1.15 bits per heavy atom. The van der Waals surface area contributed by atoms with Crippen LogP contribution in [0, 0.1) is 5.92 Å². The molecule has 1 aliphatic rings. The quantitative estimate of drug-likeness (QED) is 0.440. The number of ether oxygens (including phenoxy) is 1. The van der Waals surface area contributed by atoms with Gasteiger partial charge in [0.15, 0.2) is 0 Å². The van der Waals surface area contributed by atoms with E-state index in [1.165, 1.54) is 0 Å². The summed E-state index contributed by atoms with van der Waals surface area (Å²) in [6, 6.07) is 18.7. The number of anilines is 1. The van der Waals surface area contributed by atoms with E-state index >= 15 is 0 Å². The maximum absolute atomic E-state index is 13.4. The second-order valence-electron chi connectivity index (χ2n) is 10.5. The van der Waals surface area contributed by atoms with Crippen molar-refractivity contribution in [3.05, 3.63) is 89.7 Å². The van der Waals surface area contributed by atoms with Crippen LogP contribution in [0.4, 0.5) is 5.69 Å². The Balaban J connectivity index is 1.56. The van der Waals surface area contributed by atoms with Crippen molar-refractivity contribution in [3.8, 4) is 5.75 Å². The zero-order valence-electron chi connectivity index (χ0n) is 22.9. The first-order valence-electron chi connectivity index (χ1n) is 13.4.